The van der Waals surface area contributed by atoms with Crippen molar-refractivity contribution in [3.8, 4) is 0 Å². The molecule has 6 heavy (non-hydrogen) atoms. The predicted molar refractivity (Wildman–Crippen MR) is 32.5 cm³/mol. The maximum absolute atomic E-state index is 2.27. The standard InChI is InChI=1S/C4H10Si2/c1-4(2)6-5-3/h4H,1-3H3. The minimum atomic E-state index is 0.938. The molecule has 0 saturated carbocycles. The molecule has 0 aliphatic rings. The molecule has 0 aliphatic carbocycles. The molecule has 0 bridgehead atoms. The van der Waals surface area contributed by atoms with E-state index in [-0.39, 0.29) is 0 Å². The number of hydrogen-bond donors (Lipinski definition) is 0. The average Bonchev–Trinajstić information content (AvgIpc) is 1.35. The summed E-state index contributed by atoms with van der Waals surface area (Å²) in [6, 6.07) is 0. The SMILES string of the molecule is C[Si][Si]C(C)C. The van der Waals surface area contributed by atoms with Crippen molar-refractivity contribution >= 4 is 18.1 Å². The molecule has 0 spiro atoms. The van der Waals surface area contributed by atoms with Gasteiger partial charge < -0.3 is 0 Å². The van der Waals surface area contributed by atoms with Crippen LogP contribution in [0.3, 0.4) is 0 Å². The molecule has 0 aromatic heterocycles. The van der Waals surface area contributed by atoms with Gasteiger partial charge in [0, 0.05) is 18.1 Å². The highest BCUT2D eigenvalue weighted by molar-refractivity contribution is 7.00. The van der Waals surface area contributed by atoms with Crippen molar-refractivity contribution in [2.75, 3.05) is 0 Å². The monoisotopic (exact) mass is 114 g/mol. The van der Waals surface area contributed by atoms with Crippen molar-refractivity contribution in [3.05, 3.63) is 0 Å². The van der Waals surface area contributed by atoms with E-state index in [0.717, 1.165) is 5.54 Å². The fourth-order valence-electron chi connectivity index (χ4n) is 0.289. The van der Waals surface area contributed by atoms with E-state index in [1.807, 2.05) is 0 Å². The van der Waals surface area contributed by atoms with Crippen molar-refractivity contribution in [2.24, 2.45) is 0 Å². The summed E-state index contributed by atoms with van der Waals surface area (Å²) in [7, 11) is 2.36. The molecule has 0 aliphatic heterocycles. The zero-order valence-corrected chi connectivity index (χ0v) is 6.58. The summed E-state index contributed by atoms with van der Waals surface area (Å²) >= 11 is 0. The molecule has 0 atom stereocenters. The van der Waals surface area contributed by atoms with Gasteiger partial charge >= 0.3 is 0 Å². The first-order valence-corrected chi connectivity index (χ1v) is 5.77. The molecular formula is C4H10Si2. The van der Waals surface area contributed by atoms with Crippen molar-refractivity contribution in [2.45, 2.75) is 25.9 Å². The lowest BCUT2D eigenvalue weighted by atomic mass is 10.6. The van der Waals surface area contributed by atoms with E-state index in [4.69, 9.17) is 0 Å². The largest absolute Gasteiger partial charge is 0.0758 e. The molecule has 2 heteroatoms. The van der Waals surface area contributed by atoms with Crippen LogP contribution < -0.4 is 0 Å². The second-order valence-electron chi connectivity index (χ2n) is 1.55. The van der Waals surface area contributed by atoms with Gasteiger partial charge in [-0.1, -0.05) is 25.9 Å². The van der Waals surface area contributed by atoms with Crippen LogP contribution in [0.2, 0.25) is 12.1 Å². The molecule has 0 saturated heterocycles. The quantitative estimate of drug-likeness (QED) is 0.473. The van der Waals surface area contributed by atoms with Gasteiger partial charge in [-0.05, 0) is 0 Å². The molecule has 0 aromatic carbocycles. The van der Waals surface area contributed by atoms with Crippen LogP contribution in [0.15, 0.2) is 0 Å². The summed E-state index contributed by atoms with van der Waals surface area (Å²) in [5.74, 6) is 0. The molecule has 0 N–H and O–H groups in total. The summed E-state index contributed by atoms with van der Waals surface area (Å²) in [6.07, 6.45) is 0. The molecule has 0 fully saturated rings. The van der Waals surface area contributed by atoms with Gasteiger partial charge in [-0.15, -0.1) is 0 Å². The van der Waals surface area contributed by atoms with Gasteiger partial charge in [-0.2, -0.15) is 0 Å². The zero-order chi connectivity index (χ0) is 4.99. The highest BCUT2D eigenvalue weighted by Gasteiger charge is 1.88. The van der Waals surface area contributed by atoms with Gasteiger partial charge in [-0.25, -0.2) is 0 Å². The molecule has 0 unspecified atom stereocenters. The zero-order valence-electron chi connectivity index (χ0n) is 4.58. The predicted octanol–water partition coefficient (Wildman–Crippen LogP) is 1.19. The second kappa shape index (κ2) is 3.62. The Bertz CT molecular complexity index is 26.7. The third-order valence-corrected chi connectivity index (χ3v) is 3.90. The Morgan fingerprint density at radius 1 is 1.33 bits per heavy atom. The van der Waals surface area contributed by atoms with Crippen LogP contribution >= 0.6 is 0 Å². The van der Waals surface area contributed by atoms with E-state index in [0.29, 0.717) is 0 Å². The smallest absolute Gasteiger partial charge is 0.0252 e. The first-order chi connectivity index (χ1) is 2.77. The van der Waals surface area contributed by atoms with E-state index >= 15 is 0 Å². The van der Waals surface area contributed by atoms with Crippen LogP contribution in [0.4, 0.5) is 0 Å². The number of hydrogen-bond acceptors (Lipinski definition) is 0. The lowest BCUT2D eigenvalue weighted by molar-refractivity contribution is 1.07. The summed E-state index contributed by atoms with van der Waals surface area (Å²) in [5.41, 5.74) is 0.938. The normalized spacial score (nSPS) is 10.0. The van der Waals surface area contributed by atoms with E-state index in [1.165, 1.54) is 18.1 Å². The Morgan fingerprint density at radius 3 is 1.83 bits per heavy atom. The summed E-state index contributed by atoms with van der Waals surface area (Å²) in [6.45, 7) is 6.81. The molecule has 0 nitrogen and oxygen atoms in total. The lowest BCUT2D eigenvalue weighted by Gasteiger charge is -1.93. The van der Waals surface area contributed by atoms with Gasteiger partial charge in [0.05, 0.1) is 0 Å². The highest BCUT2D eigenvalue weighted by Crippen LogP contribution is 1.92. The Hall–Kier alpha value is 0.434. The van der Waals surface area contributed by atoms with E-state index in [9.17, 15) is 0 Å². The number of rotatable bonds is 2. The maximum atomic E-state index is 2.27. The average molecular weight is 114 g/mol. The molecule has 0 heterocycles. The molecule has 0 amide bonds. The third kappa shape index (κ3) is 4.43. The molecule has 34 valence electrons. The van der Waals surface area contributed by atoms with Gasteiger partial charge in [0.25, 0.3) is 0 Å². The first kappa shape index (κ1) is 6.43. The van der Waals surface area contributed by atoms with E-state index in [1.54, 1.807) is 0 Å². The third-order valence-electron chi connectivity index (χ3n) is 0.433. The Labute approximate surface area is 44.8 Å². The van der Waals surface area contributed by atoms with Crippen LogP contribution in [0.25, 0.3) is 0 Å². The van der Waals surface area contributed by atoms with Crippen LogP contribution in [0, 0.1) is 0 Å². The summed E-state index contributed by atoms with van der Waals surface area (Å²) in [5, 5.41) is 0. The maximum Gasteiger partial charge on any atom is 0.0252 e. The Kier molecular flexibility index (Phi) is 3.88. The summed E-state index contributed by atoms with van der Waals surface area (Å²) < 4.78 is 0. The molecular weight excluding hydrogens is 104 g/mol. The lowest BCUT2D eigenvalue weighted by Crippen LogP contribution is -2.01. The van der Waals surface area contributed by atoms with Crippen LogP contribution in [-0.2, 0) is 0 Å². The van der Waals surface area contributed by atoms with Gasteiger partial charge in [-0.3, -0.25) is 0 Å². The van der Waals surface area contributed by atoms with Crippen LogP contribution in [-0.4, -0.2) is 18.1 Å². The summed E-state index contributed by atoms with van der Waals surface area (Å²) in [4.78, 5) is 0. The topological polar surface area (TPSA) is 0 Å². The van der Waals surface area contributed by atoms with Gasteiger partial charge in [0.2, 0.25) is 0 Å². The van der Waals surface area contributed by atoms with Crippen molar-refractivity contribution in [1.29, 1.82) is 0 Å². The Morgan fingerprint density at radius 2 is 1.83 bits per heavy atom. The van der Waals surface area contributed by atoms with Gasteiger partial charge in [0.15, 0.2) is 0 Å². The fourth-order valence-corrected chi connectivity index (χ4v) is 2.60. The second-order valence-corrected chi connectivity index (χ2v) is 5.86. The van der Waals surface area contributed by atoms with E-state index < -0.39 is 0 Å². The first-order valence-electron chi connectivity index (χ1n) is 2.19. The van der Waals surface area contributed by atoms with Crippen molar-refractivity contribution < 1.29 is 0 Å². The molecule has 4 radical (unpaired) electrons. The fraction of sp³-hybridized carbons (Fsp3) is 1.00. The van der Waals surface area contributed by atoms with E-state index in [2.05, 4.69) is 20.4 Å². The van der Waals surface area contributed by atoms with Crippen LogP contribution in [0.1, 0.15) is 13.8 Å². The highest BCUT2D eigenvalue weighted by atomic mass is 29.1. The van der Waals surface area contributed by atoms with Crippen molar-refractivity contribution in [1.82, 2.24) is 0 Å². The van der Waals surface area contributed by atoms with Crippen LogP contribution in [0.5, 0.6) is 0 Å². The minimum Gasteiger partial charge on any atom is -0.0758 e. The Balaban J connectivity index is 2.63. The molecule has 0 rings (SSSR count). The van der Waals surface area contributed by atoms with Crippen molar-refractivity contribution in [3.63, 3.8) is 0 Å². The van der Waals surface area contributed by atoms with Gasteiger partial charge in [0.1, 0.15) is 0 Å². The minimum absolute atomic E-state index is 0.938. The molecule has 0 aromatic rings.